The second kappa shape index (κ2) is 5.55. The largest absolute Gasteiger partial charge is 0.361 e. The lowest BCUT2D eigenvalue weighted by atomic mass is 9.89. The molecule has 0 saturated heterocycles. The first-order valence-corrected chi connectivity index (χ1v) is 6.58. The zero-order valence-corrected chi connectivity index (χ0v) is 11.3. The zero-order valence-electron chi connectivity index (χ0n) is 11.3. The summed E-state index contributed by atoms with van der Waals surface area (Å²) in [6.07, 6.45) is 3.14. The lowest BCUT2D eigenvalue weighted by Gasteiger charge is -2.24. The van der Waals surface area contributed by atoms with Gasteiger partial charge in [-0.15, -0.1) is 0 Å². The van der Waals surface area contributed by atoms with Gasteiger partial charge in [0.15, 0.2) is 0 Å². The standard InChI is InChI=1S/C15H23N3/c1-15(2,7-8-16)11-17-9-12-10-18-14-6-4-3-5-13(12)14/h3-6,10,17-18H,7-9,11,16H2,1-2H3. The summed E-state index contributed by atoms with van der Waals surface area (Å²) >= 11 is 0. The lowest BCUT2D eigenvalue weighted by molar-refractivity contribution is 0.319. The van der Waals surface area contributed by atoms with Crippen LogP contribution in [0, 0.1) is 5.41 Å². The molecule has 3 nitrogen and oxygen atoms in total. The maximum atomic E-state index is 5.62. The summed E-state index contributed by atoms with van der Waals surface area (Å²) in [6, 6.07) is 8.41. The molecule has 2 rings (SSSR count). The van der Waals surface area contributed by atoms with Gasteiger partial charge in [0.2, 0.25) is 0 Å². The number of benzene rings is 1. The third-order valence-electron chi connectivity index (χ3n) is 3.42. The van der Waals surface area contributed by atoms with Crippen molar-refractivity contribution in [3.63, 3.8) is 0 Å². The first-order valence-electron chi connectivity index (χ1n) is 6.58. The minimum atomic E-state index is 0.265. The van der Waals surface area contributed by atoms with Crippen LogP contribution < -0.4 is 11.1 Å². The first-order chi connectivity index (χ1) is 8.62. The van der Waals surface area contributed by atoms with Crippen molar-refractivity contribution in [1.82, 2.24) is 10.3 Å². The van der Waals surface area contributed by atoms with Gasteiger partial charge in [0, 0.05) is 30.2 Å². The number of rotatable bonds is 6. The molecular weight excluding hydrogens is 222 g/mol. The minimum absolute atomic E-state index is 0.265. The predicted molar refractivity (Wildman–Crippen MR) is 77.5 cm³/mol. The van der Waals surface area contributed by atoms with Crippen LogP contribution in [0.4, 0.5) is 0 Å². The molecule has 1 aromatic carbocycles. The second-order valence-electron chi connectivity index (χ2n) is 5.67. The number of fused-ring (bicyclic) bond motifs is 1. The number of aromatic nitrogens is 1. The summed E-state index contributed by atoms with van der Waals surface area (Å²) in [4.78, 5) is 3.30. The third kappa shape index (κ3) is 3.12. The van der Waals surface area contributed by atoms with Gasteiger partial charge >= 0.3 is 0 Å². The van der Waals surface area contributed by atoms with E-state index in [0.29, 0.717) is 0 Å². The van der Waals surface area contributed by atoms with Crippen LogP contribution in [0.5, 0.6) is 0 Å². The van der Waals surface area contributed by atoms with E-state index in [2.05, 4.69) is 54.6 Å². The summed E-state index contributed by atoms with van der Waals surface area (Å²) in [5.41, 5.74) is 8.42. The van der Waals surface area contributed by atoms with E-state index in [4.69, 9.17) is 5.73 Å². The molecule has 0 aliphatic carbocycles. The summed E-state index contributed by atoms with van der Waals surface area (Å²) in [5, 5.41) is 4.84. The average Bonchev–Trinajstić information content (AvgIpc) is 2.73. The van der Waals surface area contributed by atoms with E-state index in [1.165, 1.54) is 16.5 Å². The average molecular weight is 245 g/mol. The van der Waals surface area contributed by atoms with Crippen molar-refractivity contribution < 1.29 is 0 Å². The van der Waals surface area contributed by atoms with Crippen molar-refractivity contribution in [3.05, 3.63) is 36.0 Å². The fourth-order valence-corrected chi connectivity index (χ4v) is 2.29. The van der Waals surface area contributed by atoms with Gasteiger partial charge in [0.25, 0.3) is 0 Å². The van der Waals surface area contributed by atoms with Crippen molar-refractivity contribution in [2.45, 2.75) is 26.8 Å². The van der Waals surface area contributed by atoms with Crippen LogP contribution in [0.1, 0.15) is 25.8 Å². The highest BCUT2D eigenvalue weighted by atomic mass is 14.9. The fraction of sp³-hybridized carbons (Fsp3) is 0.467. The molecular formula is C15H23N3. The lowest BCUT2D eigenvalue weighted by Crippen LogP contribution is -2.30. The van der Waals surface area contributed by atoms with Gasteiger partial charge < -0.3 is 16.0 Å². The topological polar surface area (TPSA) is 53.8 Å². The summed E-state index contributed by atoms with van der Waals surface area (Å²) in [6.45, 7) is 7.15. The SMILES string of the molecule is CC(C)(CCN)CNCc1c[nH]c2ccccc12. The van der Waals surface area contributed by atoms with Crippen LogP contribution in [0.2, 0.25) is 0 Å². The number of hydrogen-bond donors (Lipinski definition) is 3. The molecule has 0 saturated carbocycles. The molecule has 0 amide bonds. The van der Waals surface area contributed by atoms with Crippen molar-refractivity contribution in [3.8, 4) is 0 Å². The van der Waals surface area contributed by atoms with Gasteiger partial charge in [-0.05, 0) is 30.0 Å². The fourth-order valence-electron chi connectivity index (χ4n) is 2.29. The van der Waals surface area contributed by atoms with Gasteiger partial charge in [0.1, 0.15) is 0 Å². The molecule has 3 heteroatoms. The highest BCUT2D eigenvalue weighted by Gasteiger charge is 2.16. The third-order valence-corrected chi connectivity index (χ3v) is 3.42. The highest BCUT2D eigenvalue weighted by molar-refractivity contribution is 5.82. The van der Waals surface area contributed by atoms with Gasteiger partial charge in [0.05, 0.1) is 0 Å². The van der Waals surface area contributed by atoms with Crippen LogP contribution >= 0.6 is 0 Å². The number of para-hydroxylation sites is 1. The Kier molecular flexibility index (Phi) is 4.04. The molecule has 1 heterocycles. The Morgan fingerprint density at radius 3 is 2.83 bits per heavy atom. The van der Waals surface area contributed by atoms with Crippen LogP contribution in [-0.2, 0) is 6.54 Å². The van der Waals surface area contributed by atoms with E-state index in [1.807, 2.05) is 0 Å². The number of nitrogens with two attached hydrogens (primary N) is 1. The number of hydrogen-bond acceptors (Lipinski definition) is 2. The van der Waals surface area contributed by atoms with E-state index >= 15 is 0 Å². The van der Waals surface area contributed by atoms with Crippen molar-refractivity contribution in [2.75, 3.05) is 13.1 Å². The van der Waals surface area contributed by atoms with Crippen LogP contribution in [0.25, 0.3) is 10.9 Å². The van der Waals surface area contributed by atoms with Crippen LogP contribution in [0.3, 0.4) is 0 Å². The monoisotopic (exact) mass is 245 g/mol. The number of H-pyrrole nitrogens is 1. The Morgan fingerprint density at radius 2 is 2.06 bits per heavy atom. The summed E-state index contributed by atoms with van der Waals surface area (Å²) in [5.74, 6) is 0. The molecule has 0 fully saturated rings. The highest BCUT2D eigenvalue weighted by Crippen LogP contribution is 2.20. The Bertz CT molecular complexity index is 499. The maximum Gasteiger partial charge on any atom is 0.0457 e. The van der Waals surface area contributed by atoms with E-state index in [-0.39, 0.29) is 5.41 Å². The van der Waals surface area contributed by atoms with Crippen molar-refractivity contribution >= 4 is 10.9 Å². The summed E-state index contributed by atoms with van der Waals surface area (Å²) in [7, 11) is 0. The molecule has 4 N–H and O–H groups in total. The van der Waals surface area contributed by atoms with E-state index in [1.54, 1.807) is 0 Å². The van der Waals surface area contributed by atoms with Gasteiger partial charge in [-0.3, -0.25) is 0 Å². The molecule has 0 spiro atoms. The molecule has 0 atom stereocenters. The molecule has 98 valence electrons. The minimum Gasteiger partial charge on any atom is -0.361 e. The molecule has 0 radical (unpaired) electrons. The van der Waals surface area contributed by atoms with E-state index < -0.39 is 0 Å². The molecule has 1 aromatic heterocycles. The molecule has 0 unspecified atom stereocenters. The quantitative estimate of drug-likeness (QED) is 0.733. The predicted octanol–water partition coefficient (Wildman–Crippen LogP) is 2.63. The van der Waals surface area contributed by atoms with Crippen LogP contribution in [0.15, 0.2) is 30.5 Å². The van der Waals surface area contributed by atoms with Gasteiger partial charge in [-0.25, -0.2) is 0 Å². The van der Waals surface area contributed by atoms with Gasteiger partial charge in [-0.2, -0.15) is 0 Å². The Balaban J connectivity index is 1.94. The molecule has 2 aromatic rings. The molecule has 18 heavy (non-hydrogen) atoms. The summed E-state index contributed by atoms with van der Waals surface area (Å²) < 4.78 is 0. The Labute approximate surface area is 109 Å². The molecule has 0 aliphatic heterocycles. The Hall–Kier alpha value is -1.32. The number of nitrogens with one attached hydrogen (secondary N) is 2. The van der Waals surface area contributed by atoms with E-state index in [9.17, 15) is 0 Å². The van der Waals surface area contributed by atoms with Crippen LogP contribution in [-0.4, -0.2) is 18.1 Å². The van der Waals surface area contributed by atoms with Gasteiger partial charge in [-0.1, -0.05) is 32.0 Å². The van der Waals surface area contributed by atoms with E-state index in [0.717, 1.165) is 26.1 Å². The zero-order chi connectivity index (χ0) is 13.0. The number of aromatic amines is 1. The molecule has 0 aliphatic rings. The second-order valence-corrected chi connectivity index (χ2v) is 5.67. The smallest absolute Gasteiger partial charge is 0.0457 e. The maximum absolute atomic E-state index is 5.62. The Morgan fingerprint density at radius 1 is 1.28 bits per heavy atom. The first kappa shape index (κ1) is 13.1. The molecule has 0 bridgehead atoms. The van der Waals surface area contributed by atoms with Crippen molar-refractivity contribution in [2.24, 2.45) is 11.1 Å². The normalized spacial score (nSPS) is 12.2. The van der Waals surface area contributed by atoms with Crippen molar-refractivity contribution in [1.29, 1.82) is 0 Å².